The number of H-pyrrole nitrogens is 1. The number of benzene rings is 1. The van der Waals surface area contributed by atoms with Crippen LogP contribution in [-0.4, -0.2) is 20.2 Å². The number of non-ortho nitro benzene ring substituents is 1. The zero-order valence-corrected chi connectivity index (χ0v) is 6.69. The third-order valence-corrected chi connectivity index (χ3v) is 1.80. The lowest BCUT2D eigenvalue weighted by Crippen LogP contribution is -1.89. The Balaban J connectivity index is 2.82. The molecule has 0 unspecified atom stereocenters. The molecule has 1 aromatic heterocycles. The van der Waals surface area contributed by atoms with Gasteiger partial charge in [0.25, 0.3) is 5.69 Å². The highest BCUT2D eigenvalue weighted by Gasteiger charge is 2.15. The molecule has 0 saturated carbocycles. The van der Waals surface area contributed by atoms with Crippen LogP contribution in [0.15, 0.2) is 12.1 Å². The Kier molecular flexibility index (Phi) is 1.60. The molecule has 1 aromatic carbocycles. The van der Waals surface area contributed by atoms with Gasteiger partial charge in [-0.2, -0.15) is 0 Å². The second-order valence-electron chi connectivity index (χ2n) is 2.65. The number of hydrogen-bond donors (Lipinski definition) is 2. The minimum atomic E-state index is -0.818. The molecular formula is C7H4FN3O3. The van der Waals surface area contributed by atoms with Gasteiger partial charge in [-0.15, -0.1) is 5.10 Å². The third-order valence-electron chi connectivity index (χ3n) is 1.80. The Morgan fingerprint density at radius 1 is 1.57 bits per heavy atom. The number of aromatic hydroxyl groups is 1. The van der Waals surface area contributed by atoms with Crippen molar-refractivity contribution in [3.8, 4) is 5.88 Å². The first-order chi connectivity index (χ1) is 6.59. The number of nitro groups is 1. The molecule has 0 fully saturated rings. The first kappa shape index (κ1) is 8.42. The SMILES string of the molecule is O=[N+]([O-])c1cc(F)c2[nH]nc(O)c2c1. The van der Waals surface area contributed by atoms with Gasteiger partial charge in [0.15, 0.2) is 5.82 Å². The molecule has 0 aliphatic rings. The average Bonchev–Trinajstić information content (AvgIpc) is 2.48. The van der Waals surface area contributed by atoms with Crippen LogP contribution in [-0.2, 0) is 0 Å². The number of hydrogen-bond acceptors (Lipinski definition) is 4. The van der Waals surface area contributed by atoms with Crippen molar-refractivity contribution in [2.24, 2.45) is 0 Å². The Labute approximate surface area is 76.1 Å². The molecule has 14 heavy (non-hydrogen) atoms. The number of aromatic nitrogens is 2. The summed E-state index contributed by atoms with van der Waals surface area (Å²) in [6.45, 7) is 0. The van der Waals surface area contributed by atoms with E-state index in [1.165, 1.54) is 0 Å². The molecule has 72 valence electrons. The zero-order chi connectivity index (χ0) is 10.3. The van der Waals surface area contributed by atoms with E-state index in [-0.39, 0.29) is 10.9 Å². The summed E-state index contributed by atoms with van der Waals surface area (Å²) in [7, 11) is 0. The maximum Gasteiger partial charge on any atom is 0.273 e. The molecule has 2 N–H and O–H groups in total. The maximum atomic E-state index is 13.1. The number of nitro benzene ring substituents is 1. The van der Waals surface area contributed by atoms with E-state index in [4.69, 9.17) is 5.11 Å². The van der Waals surface area contributed by atoms with Gasteiger partial charge in [-0.3, -0.25) is 15.2 Å². The molecule has 1 heterocycles. The topological polar surface area (TPSA) is 92.0 Å². The van der Waals surface area contributed by atoms with Crippen LogP contribution in [0.5, 0.6) is 5.88 Å². The second-order valence-corrected chi connectivity index (χ2v) is 2.65. The summed E-state index contributed by atoms with van der Waals surface area (Å²) < 4.78 is 13.1. The van der Waals surface area contributed by atoms with Gasteiger partial charge in [0.2, 0.25) is 5.88 Å². The van der Waals surface area contributed by atoms with Crippen molar-refractivity contribution in [2.45, 2.75) is 0 Å². The Morgan fingerprint density at radius 3 is 2.93 bits per heavy atom. The van der Waals surface area contributed by atoms with Crippen LogP contribution in [0.3, 0.4) is 0 Å². The first-order valence-corrected chi connectivity index (χ1v) is 3.60. The van der Waals surface area contributed by atoms with Gasteiger partial charge in [0, 0.05) is 6.07 Å². The van der Waals surface area contributed by atoms with E-state index < -0.39 is 22.3 Å². The van der Waals surface area contributed by atoms with Gasteiger partial charge in [0.05, 0.1) is 16.4 Å². The zero-order valence-electron chi connectivity index (χ0n) is 6.69. The number of halogens is 1. The number of fused-ring (bicyclic) bond motifs is 1. The summed E-state index contributed by atoms with van der Waals surface area (Å²) in [4.78, 5) is 9.62. The van der Waals surface area contributed by atoms with Gasteiger partial charge < -0.3 is 5.11 Å². The standard InChI is InChI=1S/C7H4FN3O3/c8-5-2-3(11(13)14)1-4-6(5)9-10-7(4)12/h1-2H,(H2,9,10,12). The summed E-state index contributed by atoms with van der Waals surface area (Å²) in [5.74, 6) is -1.27. The van der Waals surface area contributed by atoms with Gasteiger partial charge in [-0.25, -0.2) is 4.39 Å². The average molecular weight is 197 g/mol. The fourth-order valence-electron chi connectivity index (χ4n) is 1.16. The first-order valence-electron chi connectivity index (χ1n) is 3.60. The van der Waals surface area contributed by atoms with Crippen molar-refractivity contribution < 1.29 is 14.4 Å². The Morgan fingerprint density at radius 2 is 2.29 bits per heavy atom. The summed E-state index contributed by atoms with van der Waals surface area (Å²) in [6.07, 6.45) is 0. The summed E-state index contributed by atoms with van der Waals surface area (Å²) in [6, 6.07) is 1.82. The van der Waals surface area contributed by atoms with E-state index in [0.29, 0.717) is 0 Å². The quantitative estimate of drug-likeness (QED) is 0.532. The summed E-state index contributed by atoms with van der Waals surface area (Å²) >= 11 is 0. The van der Waals surface area contributed by atoms with Crippen LogP contribution < -0.4 is 0 Å². The number of nitrogens with one attached hydrogen (secondary N) is 1. The summed E-state index contributed by atoms with van der Waals surface area (Å²) in [5.41, 5.74) is -0.472. The number of aromatic amines is 1. The number of nitrogens with zero attached hydrogens (tertiary/aromatic N) is 2. The maximum absolute atomic E-state index is 13.1. The minimum Gasteiger partial charge on any atom is -0.492 e. The molecule has 0 spiro atoms. The van der Waals surface area contributed by atoms with Crippen molar-refractivity contribution in [1.82, 2.24) is 10.2 Å². The third kappa shape index (κ3) is 1.06. The largest absolute Gasteiger partial charge is 0.492 e. The molecule has 0 radical (unpaired) electrons. The van der Waals surface area contributed by atoms with E-state index >= 15 is 0 Å². The van der Waals surface area contributed by atoms with Crippen LogP contribution in [0.1, 0.15) is 0 Å². The van der Waals surface area contributed by atoms with Crippen LogP contribution >= 0.6 is 0 Å². The molecule has 0 saturated heterocycles. The predicted molar refractivity (Wildman–Crippen MR) is 44.4 cm³/mol. The molecule has 0 aliphatic carbocycles. The molecule has 6 nitrogen and oxygen atoms in total. The van der Waals surface area contributed by atoms with Crippen LogP contribution in [0, 0.1) is 15.9 Å². The number of rotatable bonds is 1. The van der Waals surface area contributed by atoms with Crippen molar-refractivity contribution in [3.63, 3.8) is 0 Å². The lowest BCUT2D eigenvalue weighted by Gasteiger charge is -1.93. The van der Waals surface area contributed by atoms with Crippen LogP contribution in [0.25, 0.3) is 10.9 Å². The van der Waals surface area contributed by atoms with E-state index in [0.717, 1.165) is 12.1 Å². The molecule has 0 amide bonds. The van der Waals surface area contributed by atoms with E-state index in [1.807, 2.05) is 0 Å². The highest BCUT2D eigenvalue weighted by Crippen LogP contribution is 2.27. The van der Waals surface area contributed by atoms with Crippen molar-refractivity contribution >= 4 is 16.6 Å². The summed E-state index contributed by atoms with van der Waals surface area (Å²) in [5, 5.41) is 25.0. The van der Waals surface area contributed by atoms with Crippen molar-refractivity contribution in [2.75, 3.05) is 0 Å². The fraction of sp³-hybridized carbons (Fsp3) is 0. The molecule has 0 bridgehead atoms. The van der Waals surface area contributed by atoms with Crippen molar-refractivity contribution in [1.29, 1.82) is 0 Å². The minimum absolute atomic E-state index is 0.00306. The monoisotopic (exact) mass is 197 g/mol. The van der Waals surface area contributed by atoms with Gasteiger partial charge in [-0.1, -0.05) is 0 Å². The normalized spacial score (nSPS) is 10.6. The molecular weight excluding hydrogens is 193 g/mol. The van der Waals surface area contributed by atoms with E-state index in [2.05, 4.69) is 10.2 Å². The van der Waals surface area contributed by atoms with Gasteiger partial charge >= 0.3 is 0 Å². The van der Waals surface area contributed by atoms with Crippen LogP contribution in [0.2, 0.25) is 0 Å². The Bertz CT molecular complexity index is 522. The van der Waals surface area contributed by atoms with Crippen molar-refractivity contribution in [3.05, 3.63) is 28.1 Å². The second kappa shape index (κ2) is 2.66. The molecule has 2 aromatic rings. The van der Waals surface area contributed by atoms with Crippen LogP contribution in [0.4, 0.5) is 10.1 Å². The lowest BCUT2D eigenvalue weighted by atomic mass is 10.2. The van der Waals surface area contributed by atoms with E-state index in [9.17, 15) is 14.5 Å². The highest BCUT2D eigenvalue weighted by atomic mass is 19.1. The molecule has 7 heteroatoms. The Hall–Kier alpha value is -2.18. The van der Waals surface area contributed by atoms with Gasteiger partial charge in [-0.05, 0) is 0 Å². The molecule has 2 rings (SSSR count). The fourth-order valence-corrected chi connectivity index (χ4v) is 1.16. The van der Waals surface area contributed by atoms with E-state index in [1.54, 1.807) is 0 Å². The predicted octanol–water partition coefficient (Wildman–Crippen LogP) is 1.32. The lowest BCUT2D eigenvalue weighted by molar-refractivity contribution is -0.384. The highest BCUT2D eigenvalue weighted by molar-refractivity contribution is 5.86. The smallest absolute Gasteiger partial charge is 0.273 e. The van der Waals surface area contributed by atoms with Gasteiger partial charge in [0.1, 0.15) is 5.52 Å². The molecule has 0 atom stereocenters. The molecule has 0 aliphatic heterocycles.